The highest BCUT2D eigenvalue weighted by molar-refractivity contribution is 8.25. The van der Waals surface area contributed by atoms with Gasteiger partial charge in [-0.15, -0.1) is 11.8 Å². The average Bonchev–Trinajstić information content (AvgIpc) is 3.17. The molecule has 1 N–H and O–H groups in total. The van der Waals surface area contributed by atoms with E-state index in [2.05, 4.69) is 19.2 Å². The Morgan fingerprint density at radius 2 is 1.75 bits per heavy atom. The Balaban J connectivity index is 1.89. The molecule has 0 radical (unpaired) electrons. The number of hydrogen-bond donors (Lipinski definition) is 1. The minimum atomic E-state index is -0.703. The van der Waals surface area contributed by atoms with E-state index in [4.69, 9.17) is 14.2 Å². The second-order valence-corrected chi connectivity index (χ2v) is 11.5. The van der Waals surface area contributed by atoms with Crippen molar-refractivity contribution in [2.24, 2.45) is 0 Å². The van der Waals surface area contributed by atoms with E-state index in [-0.39, 0.29) is 11.9 Å². The average molecular weight is 492 g/mol. The third-order valence-electron chi connectivity index (χ3n) is 5.18. The lowest BCUT2D eigenvalue weighted by atomic mass is 9.87. The van der Waals surface area contributed by atoms with Crippen LogP contribution < -0.4 is 10.1 Å². The predicted molar refractivity (Wildman–Crippen MR) is 133 cm³/mol. The summed E-state index contributed by atoms with van der Waals surface area (Å²) in [6.45, 7) is 8.36. The number of rotatable bonds is 5. The van der Waals surface area contributed by atoms with Gasteiger partial charge in [-0.2, -0.15) is 0 Å². The third-order valence-corrected chi connectivity index (χ3v) is 9.44. The van der Waals surface area contributed by atoms with Gasteiger partial charge in [0.15, 0.2) is 0 Å². The van der Waals surface area contributed by atoms with Gasteiger partial charge in [0.1, 0.15) is 14.7 Å². The van der Waals surface area contributed by atoms with E-state index in [1.807, 2.05) is 29.7 Å². The molecule has 1 spiro atoms. The molecule has 0 fully saturated rings. The topological polar surface area (TPSA) is 73.9 Å². The summed E-state index contributed by atoms with van der Waals surface area (Å²) in [5, 5.41) is 5.43. The molecule has 0 bridgehead atoms. The molecule has 1 unspecified atom stereocenters. The van der Waals surface area contributed by atoms with Crippen LogP contribution in [-0.4, -0.2) is 41.9 Å². The number of thioether (sulfide) groups is 3. The largest absolute Gasteiger partial charge is 0.497 e. The highest BCUT2D eigenvalue weighted by Gasteiger charge is 2.51. The Morgan fingerprint density at radius 1 is 1.06 bits per heavy atom. The van der Waals surface area contributed by atoms with Crippen molar-refractivity contribution in [3.05, 3.63) is 50.0 Å². The van der Waals surface area contributed by atoms with E-state index in [0.717, 1.165) is 27.5 Å². The van der Waals surface area contributed by atoms with Crippen LogP contribution in [0.4, 0.5) is 5.69 Å². The zero-order chi connectivity index (χ0) is 23.1. The van der Waals surface area contributed by atoms with Crippen molar-refractivity contribution in [1.29, 1.82) is 0 Å². The number of methoxy groups -OCH3 is 1. The number of hydrogen-bond acceptors (Lipinski definition) is 9. The van der Waals surface area contributed by atoms with Crippen LogP contribution in [0.5, 0.6) is 5.75 Å². The van der Waals surface area contributed by atoms with Crippen molar-refractivity contribution in [3.63, 3.8) is 0 Å². The van der Waals surface area contributed by atoms with E-state index in [1.165, 1.54) is 35.3 Å². The summed E-state index contributed by atoms with van der Waals surface area (Å²) in [5.74, 6) is 0.0258. The second kappa shape index (κ2) is 8.76. The highest BCUT2D eigenvalue weighted by Crippen LogP contribution is 2.65. The van der Waals surface area contributed by atoms with Gasteiger partial charge in [-0.1, -0.05) is 23.5 Å². The summed E-state index contributed by atoms with van der Waals surface area (Å²) < 4.78 is 15.4. The summed E-state index contributed by atoms with van der Waals surface area (Å²) in [6, 6.07) is 5.93. The number of anilines is 1. The van der Waals surface area contributed by atoms with Crippen LogP contribution in [0.3, 0.4) is 0 Å². The molecule has 0 saturated carbocycles. The van der Waals surface area contributed by atoms with Gasteiger partial charge in [-0.05, 0) is 57.4 Å². The van der Waals surface area contributed by atoms with Gasteiger partial charge in [0.05, 0.1) is 30.8 Å². The van der Waals surface area contributed by atoms with Crippen molar-refractivity contribution in [1.82, 2.24) is 0 Å². The quantitative estimate of drug-likeness (QED) is 0.546. The molecule has 3 aliphatic heterocycles. The van der Waals surface area contributed by atoms with Crippen LogP contribution in [0.1, 0.15) is 33.3 Å². The van der Waals surface area contributed by atoms with Crippen LogP contribution in [0.15, 0.2) is 44.4 Å². The first-order chi connectivity index (χ1) is 15.2. The van der Waals surface area contributed by atoms with Crippen molar-refractivity contribution in [2.45, 2.75) is 37.3 Å². The number of benzene rings is 1. The van der Waals surface area contributed by atoms with Gasteiger partial charge in [0.25, 0.3) is 0 Å². The number of carbonyl (C=O) groups excluding carboxylic acids is 2. The fourth-order valence-corrected chi connectivity index (χ4v) is 8.18. The molecule has 1 atom stereocenters. The van der Waals surface area contributed by atoms with Gasteiger partial charge in [-0.3, -0.25) is 0 Å². The SMILES string of the molecule is CCOC(=O)C1=CC2(SC=C(C(=O)OCC)S2)C2=C(S1)C(C)(C)Nc1ccc(OC)cc12. The first-order valence-corrected chi connectivity index (χ1v) is 12.8. The van der Waals surface area contributed by atoms with Gasteiger partial charge < -0.3 is 19.5 Å². The molecule has 32 heavy (non-hydrogen) atoms. The van der Waals surface area contributed by atoms with Crippen LogP contribution in [0.25, 0.3) is 5.57 Å². The van der Waals surface area contributed by atoms with Gasteiger partial charge in [-0.25, -0.2) is 9.59 Å². The van der Waals surface area contributed by atoms with E-state index < -0.39 is 9.62 Å². The Bertz CT molecular complexity index is 1080. The molecule has 1 aromatic carbocycles. The molecule has 0 aliphatic carbocycles. The van der Waals surface area contributed by atoms with E-state index in [9.17, 15) is 9.59 Å². The van der Waals surface area contributed by atoms with E-state index in [1.54, 1.807) is 21.0 Å². The van der Waals surface area contributed by atoms with E-state index >= 15 is 0 Å². The normalized spacial score (nSPS) is 22.9. The lowest BCUT2D eigenvalue weighted by molar-refractivity contribution is -0.138. The van der Waals surface area contributed by atoms with Gasteiger partial charge >= 0.3 is 11.9 Å². The van der Waals surface area contributed by atoms with Crippen LogP contribution in [0.2, 0.25) is 0 Å². The molecule has 6 nitrogen and oxygen atoms in total. The van der Waals surface area contributed by atoms with Crippen LogP contribution >= 0.6 is 35.3 Å². The minimum absolute atomic E-state index is 0.296. The summed E-state index contributed by atoms with van der Waals surface area (Å²) in [6.07, 6.45) is 1.93. The molecule has 3 heterocycles. The summed E-state index contributed by atoms with van der Waals surface area (Å²) in [7, 11) is 1.64. The number of carbonyl (C=O) groups is 2. The maximum absolute atomic E-state index is 12.8. The number of nitrogens with one attached hydrogen (secondary N) is 1. The van der Waals surface area contributed by atoms with E-state index in [0.29, 0.717) is 23.0 Å². The number of fused-ring (bicyclic) bond motifs is 3. The fourth-order valence-electron chi connectivity index (χ4n) is 3.82. The molecule has 9 heteroatoms. The second-order valence-electron chi connectivity index (χ2n) is 7.79. The Morgan fingerprint density at radius 3 is 2.41 bits per heavy atom. The summed E-state index contributed by atoms with van der Waals surface area (Å²) in [5.41, 5.74) is 2.59. The van der Waals surface area contributed by atoms with Crippen molar-refractivity contribution < 1.29 is 23.8 Å². The molecule has 170 valence electrons. The monoisotopic (exact) mass is 491 g/mol. The zero-order valence-corrected chi connectivity index (χ0v) is 21.0. The van der Waals surface area contributed by atoms with Gasteiger partial charge in [0, 0.05) is 21.7 Å². The Kier molecular flexibility index (Phi) is 6.35. The maximum Gasteiger partial charge on any atom is 0.345 e. The molecule has 4 rings (SSSR count). The molecule has 1 aromatic rings. The molecule has 0 amide bonds. The Hall–Kier alpha value is -1.97. The maximum atomic E-state index is 12.8. The predicted octanol–water partition coefficient (Wildman–Crippen LogP) is 5.39. The Labute approximate surface area is 200 Å². The first-order valence-electron chi connectivity index (χ1n) is 10.3. The summed E-state index contributed by atoms with van der Waals surface area (Å²) >= 11 is 4.34. The highest BCUT2D eigenvalue weighted by atomic mass is 32.2. The van der Waals surface area contributed by atoms with Crippen molar-refractivity contribution in [2.75, 3.05) is 25.6 Å². The minimum Gasteiger partial charge on any atom is -0.497 e. The number of esters is 2. The lowest BCUT2D eigenvalue weighted by Gasteiger charge is -2.44. The first kappa shape index (κ1) is 23.2. The standard InChI is InChI=1S/C23H25NO5S3/c1-6-28-20(25)16-11-23(30-12-17(32-23)21(26)29-7-2)18-14-10-13(27-5)8-9-15(14)24-22(3,4)19(18)31-16/h8-12,24H,6-7H2,1-5H3. The van der Waals surface area contributed by atoms with Crippen molar-refractivity contribution in [3.8, 4) is 5.75 Å². The third kappa shape index (κ3) is 3.95. The smallest absolute Gasteiger partial charge is 0.345 e. The number of ether oxygens (including phenoxy) is 3. The van der Waals surface area contributed by atoms with Crippen molar-refractivity contribution >= 4 is 58.5 Å². The zero-order valence-electron chi connectivity index (χ0n) is 18.6. The molecular weight excluding hydrogens is 466 g/mol. The fraction of sp³-hybridized carbons (Fsp3) is 0.391. The van der Waals surface area contributed by atoms with Crippen LogP contribution in [-0.2, 0) is 19.1 Å². The lowest BCUT2D eigenvalue weighted by Crippen LogP contribution is -2.40. The molecule has 3 aliphatic rings. The van der Waals surface area contributed by atoms with Gasteiger partial charge in [0.2, 0.25) is 0 Å². The summed E-state index contributed by atoms with van der Waals surface area (Å²) in [4.78, 5) is 27.4. The van der Waals surface area contributed by atoms with Crippen LogP contribution in [0, 0.1) is 0 Å². The molecular formula is C23H25NO5S3. The molecule has 0 aromatic heterocycles. The molecule has 0 saturated heterocycles.